The fraction of sp³-hybridized carbons (Fsp3) is 0.0500. The maximum Gasteiger partial charge on any atom is 0.123 e. The zero-order chi connectivity index (χ0) is 15.4. The van der Waals surface area contributed by atoms with Crippen LogP contribution in [-0.2, 0) is 0 Å². The quantitative estimate of drug-likeness (QED) is 0.740. The highest BCUT2D eigenvalue weighted by molar-refractivity contribution is 5.83. The highest BCUT2D eigenvalue weighted by Gasteiger charge is 2.07. The molecule has 1 heterocycles. The SMILES string of the molecule is Cc1ccc(O)c(-c2ccccc2C=Cc2ccccn2)c1. The van der Waals surface area contributed by atoms with Gasteiger partial charge in [0, 0.05) is 11.8 Å². The lowest BCUT2D eigenvalue weighted by atomic mass is 9.97. The van der Waals surface area contributed by atoms with Crippen molar-refractivity contribution < 1.29 is 5.11 Å². The molecule has 3 rings (SSSR count). The van der Waals surface area contributed by atoms with Gasteiger partial charge in [-0.25, -0.2) is 0 Å². The molecule has 0 saturated carbocycles. The summed E-state index contributed by atoms with van der Waals surface area (Å²) < 4.78 is 0. The Bertz CT molecular complexity index is 807. The minimum atomic E-state index is 0.296. The van der Waals surface area contributed by atoms with E-state index >= 15 is 0 Å². The second kappa shape index (κ2) is 6.27. The highest BCUT2D eigenvalue weighted by Crippen LogP contribution is 2.33. The summed E-state index contributed by atoms with van der Waals surface area (Å²) in [6.07, 6.45) is 5.78. The first-order chi connectivity index (χ1) is 10.7. The van der Waals surface area contributed by atoms with Gasteiger partial charge in [0.25, 0.3) is 0 Å². The lowest BCUT2D eigenvalue weighted by molar-refractivity contribution is 0.477. The predicted molar refractivity (Wildman–Crippen MR) is 91.4 cm³/mol. The fourth-order valence-corrected chi connectivity index (χ4v) is 2.40. The topological polar surface area (TPSA) is 33.1 Å². The molecule has 3 aromatic rings. The lowest BCUT2D eigenvalue weighted by Gasteiger charge is -2.09. The third kappa shape index (κ3) is 3.07. The molecule has 2 aromatic carbocycles. The molecule has 1 aromatic heterocycles. The standard InChI is InChI=1S/C20H17NO/c1-15-9-12-20(22)19(14-15)18-8-3-2-6-16(18)10-11-17-7-4-5-13-21-17/h2-14,22H,1H3. The maximum absolute atomic E-state index is 10.2. The molecule has 1 N–H and O–H groups in total. The summed E-state index contributed by atoms with van der Waals surface area (Å²) in [6, 6.07) is 19.5. The normalized spacial score (nSPS) is 11.0. The van der Waals surface area contributed by atoms with Crippen molar-refractivity contribution in [3.63, 3.8) is 0 Å². The number of nitrogens with zero attached hydrogens (tertiary/aromatic N) is 1. The molecule has 0 saturated heterocycles. The predicted octanol–water partition coefficient (Wildman–Crippen LogP) is 4.93. The third-order valence-corrected chi connectivity index (χ3v) is 3.52. The van der Waals surface area contributed by atoms with E-state index in [1.165, 1.54) is 0 Å². The van der Waals surface area contributed by atoms with Crippen LogP contribution in [0.2, 0.25) is 0 Å². The van der Waals surface area contributed by atoms with Gasteiger partial charge >= 0.3 is 0 Å². The van der Waals surface area contributed by atoms with Crippen LogP contribution in [0.25, 0.3) is 23.3 Å². The molecule has 0 spiro atoms. The second-order valence-corrected chi connectivity index (χ2v) is 5.20. The van der Waals surface area contributed by atoms with Gasteiger partial charge in [-0.2, -0.15) is 0 Å². The number of aryl methyl sites for hydroxylation is 1. The molecule has 0 aliphatic rings. The van der Waals surface area contributed by atoms with Crippen molar-refractivity contribution in [2.75, 3.05) is 0 Å². The van der Waals surface area contributed by atoms with Gasteiger partial charge in [-0.3, -0.25) is 4.98 Å². The van der Waals surface area contributed by atoms with Crippen molar-refractivity contribution in [1.29, 1.82) is 0 Å². The zero-order valence-electron chi connectivity index (χ0n) is 12.4. The number of aromatic nitrogens is 1. The fourth-order valence-electron chi connectivity index (χ4n) is 2.40. The highest BCUT2D eigenvalue weighted by atomic mass is 16.3. The Morgan fingerprint density at radius 3 is 2.50 bits per heavy atom. The molecule has 0 fully saturated rings. The van der Waals surface area contributed by atoms with Gasteiger partial charge in [0.1, 0.15) is 5.75 Å². The van der Waals surface area contributed by atoms with Crippen LogP contribution >= 0.6 is 0 Å². The molecule has 0 aliphatic carbocycles. The number of pyridine rings is 1. The van der Waals surface area contributed by atoms with Gasteiger partial charge in [-0.15, -0.1) is 0 Å². The number of hydrogen-bond acceptors (Lipinski definition) is 2. The third-order valence-electron chi connectivity index (χ3n) is 3.52. The number of rotatable bonds is 3. The molecule has 0 atom stereocenters. The molecule has 22 heavy (non-hydrogen) atoms. The summed E-state index contributed by atoms with van der Waals surface area (Å²) >= 11 is 0. The van der Waals surface area contributed by atoms with E-state index in [1.54, 1.807) is 12.3 Å². The summed E-state index contributed by atoms with van der Waals surface area (Å²) in [5.74, 6) is 0.296. The molecule has 108 valence electrons. The Labute approximate surface area is 130 Å². The minimum absolute atomic E-state index is 0.296. The Morgan fingerprint density at radius 1 is 0.864 bits per heavy atom. The Balaban J connectivity index is 2.04. The van der Waals surface area contributed by atoms with E-state index in [1.807, 2.05) is 73.7 Å². The van der Waals surface area contributed by atoms with Crippen molar-refractivity contribution in [1.82, 2.24) is 4.98 Å². The molecule has 0 aliphatic heterocycles. The Hall–Kier alpha value is -2.87. The first-order valence-electron chi connectivity index (χ1n) is 7.22. The Kier molecular flexibility index (Phi) is 4.01. The van der Waals surface area contributed by atoms with Crippen LogP contribution in [-0.4, -0.2) is 10.1 Å². The van der Waals surface area contributed by atoms with Gasteiger partial charge in [-0.05, 0) is 48.4 Å². The maximum atomic E-state index is 10.2. The van der Waals surface area contributed by atoms with Gasteiger partial charge < -0.3 is 5.11 Å². The summed E-state index contributed by atoms with van der Waals surface area (Å²) in [5.41, 5.74) is 4.94. The van der Waals surface area contributed by atoms with Crippen LogP contribution < -0.4 is 0 Å². The summed E-state index contributed by atoms with van der Waals surface area (Å²) in [6.45, 7) is 2.02. The second-order valence-electron chi connectivity index (χ2n) is 5.20. The van der Waals surface area contributed by atoms with E-state index in [4.69, 9.17) is 0 Å². The average Bonchev–Trinajstić information content (AvgIpc) is 2.56. The summed E-state index contributed by atoms with van der Waals surface area (Å²) in [4.78, 5) is 4.29. The number of phenols is 1. The van der Waals surface area contributed by atoms with E-state index in [2.05, 4.69) is 4.98 Å². The van der Waals surface area contributed by atoms with E-state index in [0.29, 0.717) is 5.75 Å². The van der Waals surface area contributed by atoms with Crippen LogP contribution in [0.3, 0.4) is 0 Å². The van der Waals surface area contributed by atoms with Crippen LogP contribution in [0.1, 0.15) is 16.8 Å². The van der Waals surface area contributed by atoms with Crippen LogP contribution in [0.15, 0.2) is 66.9 Å². The van der Waals surface area contributed by atoms with Gasteiger partial charge in [-0.1, -0.05) is 48.0 Å². The van der Waals surface area contributed by atoms with Crippen molar-refractivity contribution >= 4 is 12.2 Å². The molecule has 0 bridgehead atoms. The number of hydrogen-bond donors (Lipinski definition) is 1. The Morgan fingerprint density at radius 2 is 1.68 bits per heavy atom. The molecular weight excluding hydrogens is 270 g/mol. The van der Waals surface area contributed by atoms with E-state index in [9.17, 15) is 5.11 Å². The van der Waals surface area contributed by atoms with E-state index in [0.717, 1.165) is 27.9 Å². The minimum Gasteiger partial charge on any atom is -0.507 e. The van der Waals surface area contributed by atoms with Gasteiger partial charge in [0.05, 0.1) is 5.69 Å². The summed E-state index contributed by atoms with van der Waals surface area (Å²) in [5, 5.41) is 10.2. The van der Waals surface area contributed by atoms with Crippen LogP contribution in [0.4, 0.5) is 0 Å². The monoisotopic (exact) mass is 287 g/mol. The first-order valence-corrected chi connectivity index (χ1v) is 7.22. The van der Waals surface area contributed by atoms with Crippen molar-refractivity contribution in [3.05, 3.63) is 83.7 Å². The zero-order valence-corrected chi connectivity index (χ0v) is 12.4. The van der Waals surface area contributed by atoms with Gasteiger partial charge in [0.2, 0.25) is 0 Å². The van der Waals surface area contributed by atoms with Gasteiger partial charge in [0.15, 0.2) is 0 Å². The number of phenolic OH excluding ortho intramolecular Hbond substituents is 1. The molecule has 2 heteroatoms. The smallest absolute Gasteiger partial charge is 0.123 e. The average molecular weight is 287 g/mol. The van der Waals surface area contributed by atoms with Crippen molar-refractivity contribution in [2.45, 2.75) is 6.92 Å². The number of benzene rings is 2. The van der Waals surface area contributed by atoms with Crippen LogP contribution in [0.5, 0.6) is 5.75 Å². The molecule has 0 radical (unpaired) electrons. The molecular formula is C20H17NO. The van der Waals surface area contributed by atoms with E-state index < -0.39 is 0 Å². The first kappa shape index (κ1) is 14.1. The van der Waals surface area contributed by atoms with E-state index in [-0.39, 0.29) is 0 Å². The van der Waals surface area contributed by atoms with Crippen molar-refractivity contribution in [2.24, 2.45) is 0 Å². The molecule has 0 amide bonds. The van der Waals surface area contributed by atoms with Crippen LogP contribution in [0, 0.1) is 6.92 Å². The summed E-state index contributed by atoms with van der Waals surface area (Å²) in [7, 11) is 0. The number of aromatic hydroxyl groups is 1. The van der Waals surface area contributed by atoms with Crippen molar-refractivity contribution in [3.8, 4) is 16.9 Å². The molecule has 2 nitrogen and oxygen atoms in total. The largest absolute Gasteiger partial charge is 0.507 e. The lowest BCUT2D eigenvalue weighted by Crippen LogP contribution is -1.85. The molecule has 0 unspecified atom stereocenters.